The maximum Gasteiger partial charge on any atom is 0.321 e. The van der Waals surface area contributed by atoms with Crippen molar-refractivity contribution >= 4 is 17.7 Å². The molecule has 3 N–H and O–H groups in total. The first-order valence-corrected chi connectivity index (χ1v) is 6.50. The molecule has 1 rings (SSSR count). The van der Waals surface area contributed by atoms with Gasteiger partial charge in [-0.05, 0) is 37.7 Å². The highest BCUT2D eigenvalue weighted by molar-refractivity contribution is 5.89. The molecule has 0 aliphatic rings. The number of urea groups is 1. The van der Waals surface area contributed by atoms with Gasteiger partial charge in [0.1, 0.15) is 0 Å². The predicted octanol–water partition coefficient (Wildman–Crippen LogP) is 1.39. The molecule has 6 nitrogen and oxygen atoms in total. The van der Waals surface area contributed by atoms with E-state index in [0.717, 1.165) is 13.0 Å². The first-order chi connectivity index (χ1) is 9.52. The summed E-state index contributed by atoms with van der Waals surface area (Å²) in [6, 6.07) is 6.64. The number of hydrogen-bond donors (Lipinski definition) is 3. The number of benzene rings is 1. The monoisotopic (exact) mass is 279 g/mol. The van der Waals surface area contributed by atoms with Crippen molar-refractivity contribution in [2.24, 2.45) is 0 Å². The normalized spacial score (nSPS) is 10.1. The largest absolute Gasteiger partial charge is 0.481 e. The molecule has 2 amide bonds. The van der Waals surface area contributed by atoms with Crippen LogP contribution in [0.5, 0.6) is 0 Å². The minimum Gasteiger partial charge on any atom is -0.481 e. The molecule has 0 unspecified atom stereocenters. The van der Waals surface area contributed by atoms with Gasteiger partial charge in [-0.3, -0.25) is 4.79 Å². The summed E-state index contributed by atoms with van der Waals surface area (Å²) in [4.78, 5) is 24.0. The van der Waals surface area contributed by atoms with Gasteiger partial charge < -0.3 is 20.6 Å². The van der Waals surface area contributed by atoms with Gasteiger partial charge in [-0.2, -0.15) is 0 Å². The van der Waals surface area contributed by atoms with Gasteiger partial charge >= 0.3 is 12.0 Å². The first-order valence-electron chi connectivity index (χ1n) is 6.50. The Morgan fingerprint density at radius 1 is 1.25 bits per heavy atom. The van der Waals surface area contributed by atoms with Gasteiger partial charge in [0.05, 0.1) is 6.42 Å². The first kappa shape index (κ1) is 16.0. The number of anilines is 1. The van der Waals surface area contributed by atoms with E-state index in [1.54, 1.807) is 36.2 Å². The fourth-order valence-corrected chi connectivity index (χ4v) is 1.69. The molecule has 0 atom stereocenters. The third-order valence-corrected chi connectivity index (χ3v) is 2.83. The molecule has 6 heteroatoms. The summed E-state index contributed by atoms with van der Waals surface area (Å²) in [6.07, 6.45) is 0.871. The van der Waals surface area contributed by atoms with Crippen LogP contribution < -0.4 is 10.6 Å². The summed E-state index contributed by atoms with van der Waals surface area (Å²) in [7, 11) is 3.61. The molecule has 1 aromatic carbocycles. The van der Waals surface area contributed by atoms with E-state index in [1.165, 1.54) is 0 Å². The molecule has 0 spiro atoms. The number of hydrogen-bond acceptors (Lipinski definition) is 3. The zero-order chi connectivity index (χ0) is 15.0. The van der Waals surface area contributed by atoms with E-state index in [0.29, 0.717) is 17.8 Å². The van der Waals surface area contributed by atoms with E-state index in [4.69, 9.17) is 5.11 Å². The molecular weight excluding hydrogens is 258 g/mol. The predicted molar refractivity (Wildman–Crippen MR) is 78.0 cm³/mol. The number of amides is 2. The second-order valence-electron chi connectivity index (χ2n) is 4.58. The van der Waals surface area contributed by atoms with Gasteiger partial charge in [0, 0.05) is 19.3 Å². The molecule has 0 bridgehead atoms. The van der Waals surface area contributed by atoms with Crippen molar-refractivity contribution in [3.8, 4) is 0 Å². The fraction of sp³-hybridized carbons (Fsp3) is 0.429. The average molecular weight is 279 g/mol. The number of aliphatic carboxylic acids is 1. The Bertz CT molecular complexity index is 445. The zero-order valence-corrected chi connectivity index (χ0v) is 11.8. The van der Waals surface area contributed by atoms with Crippen LogP contribution in [0.4, 0.5) is 10.5 Å². The maximum atomic E-state index is 11.9. The Hall–Kier alpha value is -2.08. The van der Waals surface area contributed by atoms with E-state index in [1.807, 2.05) is 7.05 Å². The number of carbonyl (C=O) groups is 2. The Labute approximate surface area is 118 Å². The summed E-state index contributed by atoms with van der Waals surface area (Å²) in [5.41, 5.74) is 1.36. The molecule has 0 aliphatic carbocycles. The van der Waals surface area contributed by atoms with Crippen LogP contribution in [-0.4, -0.2) is 49.2 Å². The van der Waals surface area contributed by atoms with Crippen LogP contribution in [0.15, 0.2) is 24.3 Å². The summed E-state index contributed by atoms with van der Waals surface area (Å²) in [5.74, 6) is -0.869. The quantitative estimate of drug-likeness (QED) is 0.659. The molecule has 0 fully saturated rings. The second-order valence-corrected chi connectivity index (χ2v) is 4.58. The van der Waals surface area contributed by atoms with E-state index >= 15 is 0 Å². The minimum atomic E-state index is -0.869. The molecule has 110 valence electrons. The van der Waals surface area contributed by atoms with E-state index < -0.39 is 5.97 Å². The van der Waals surface area contributed by atoms with Crippen LogP contribution in [0.3, 0.4) is 0 Å². The number of carboxylic acid groups (broad SMARTS) is 1. The van der Waals surface area contributed by atoms with Crippen LogP contribution in [-0.2, 0) is 11.2 Å². The number of carbonyl (C=O) groups excluding carboxylic acids is 1. The van der Waals surface area contributed by atoms with Crippen molar-refractivity contribution in [3.63, 3.8) is 0 Å². The van der Waals surface area contributed by atoms with Crippen molar-refractivity contribution in [2.75, 3.05) is 32.5 Å². The highest BCUT2D eigenvalue weighted by Crippen LogP contribution is 2.10. The third-order valence-electron chi connectivity index (χ3n) is 2.83. The average Bonchev–Trinajstić information content (AvgIpc) is 2.40. The molecule has 0 aromatic heterocycles. The molecule has 1 aromatic rings. The van der Waals surface area contributed by atoms with Crippen LogP contribution in [0, 0.1) is 0 Å². The zero-order valence-electron chi connectivity index (χ0n) is 11.8. The lowest BCUT2D eigenvalue weighted by Crippen LogP contribution is -2.33. The standard InChI is InChI=1S/C14H21N3O3/c1-15-8-3-9-17(2)14(20)16-12-6-4-11(5-7-12)10-13(18)19/h4-7,15H,3,8-10H2,1-2H3,(H,16,20)(H,18,19). The van der Waals surface area contributed by atoms with Crippen molar-refractivity contribution in [3.05, 3.63) is 29.8 Å². The molecule has 0 saturated carbocycles. The second kappa shape index (κ2) is 8.16. The van der Waals surface area contributed by atoms with Crippen molar-refractivity contribution in [1.29, 1.82) is 0 Å². The Morgan fingerprint density at radius 2 is 1.90 bits per heavy atom. The highest BCUT2D eigenvalue weighted by atomic mass is 16.4. The van der Waals surface area contributed by atoms with Crippen LogP contribution in [0.2, 0.25) is 0 Å². The van der Waals surface area contributed by atoms with Gasteiger partial charge in [-0.25, -0.2) is 4.79 Å². The third kappa shape index (κ3) is 5.71. The molecule has 0 saturated heterocycles. The van der Waals surface area contributed by atoms with E-state index in [2.05, 4.69) is 10.6 Å². The summed E-state index contributed by atoms with van der Waals surface area (Å²) in [5, 5.41) is 14.5. The highest BCUT2D eigenvalue weighted by Gasteiger charge is 2.08. The van der Waals surface area contributed by atoms with Crippen LogP contribution in [0.1, 0.15) is 12.0 Å². The molecule has 0 radical (unpaired) electrons. The van der Waals surface area contributed by atoms with Gasteiger partial charge in [-0.15, -0.1) is 0 Å². The number of rotatable bonds is 7. The molecular formula is C14H21N3O3. The molecule has 0 heterocycles. The lowest BCUT2D eigenvalue weighted by molar-refractivity contribution is -0.136. The lowest BCUT2D eigenvalue weighted by Gasteiger charge is -2.17. The number of nitrogens with zero attached hydrogens (tertiary/aromatic N) is 1. The SMILES string of the molecule is CNCCCN(C)C(=O)Nc1ccc(CC(=O)O)cc1. The fourth-order valence-electron chi connectivity index (χ4n) is 1.69. The Kier molecular flexibility index (Phi) is 6.52. The van der Waals surface area contributed by atoms with E-state index in [-0.39, 0.29) is 12.5 Å². The minimum absolute atomic E-state index is 0.0157. The van der Waals surface area contributed by atoms with Gasteiger partial charge in [0.25, 0.3) is 0 Å². The Balaban J connectivity index is 2.47. The van der Waals surface area contributed by atoms with Crippen molar-refractivity contribution < 1.29 is 14.7 Å². The van der Waals surface area contributed by atoms with Crippen LogP contribution in [0.25, 0.3) is 0 Å². The topological polar surface area (TPSA) is 81.7 Å². The number of carboxylic acids is 1. The van der Waals surface area contributed by atoms with Gasteiger partial charge in [-0.1, -0.05) is 12.1 Å². The van der Waals surface area contributed by atoms with E-state index in [9.17, 15) is 9.59 Å². The van der Waals surface area contributed by atoms with Crippen LogP contribution >= 0.6 is 0 Å². The maximum absolute atomic E-state index is 11.9. The van der Waals surface area contributed by atoms with Gasteiger partial charge in [0.15, 0.2) is 0 Å². The molecule has 20 heavy (non-hydrogen) atoms. The number of nitrogens with one attached hydrogen (secondary N) is 2. The smallest absolute Gasteiger partial charge is 0.321 e. The van der Waals surface area contributed by atoms with Gasteiger partial charge in [0.2, 0.25) is 0 Å². The molecule has 0 aliphatic heterocycles. The van der Waals surface area contributed by atoms with Crippen molar-refractivity contribution in [2.45, 2.75) is 12.8 Å². The summed E-state index contributed by atoms with van der Waals surface area (Å²) in [6.45, 7) is 1.53. The van der Waals surface area contributed by atoms with Crippen molar-refractivity contribution in [1.82, 2.24) is 10.2 Å². The lowest BCUT2D eigenvalue weighted by atomic mass is 10.1. The summed E-state index contributed by atoms with van der Waals surface area (Å²) < 4.78 is 0. The summed E-state index contributed by atoms with van der Waals surface area (Å²) >= 11 is 0. The Morgan fingerprint density at radius 3 is 2.45 bits per heavy atom.